The predicted octanol–water partition coefficient (Wildman–Crippen LogP) is 3.83. The van der Waals surface area contributed by atoms with Crippen molar-refractivity contribution in [2.24, 2.45) is 5.92 Å². The molecule has 0 bridgehead atoms. The minimum atomic E-state index is -4.97. The topological polar surface area (TPSA) is 62.3 Å². The minimum Gasteiger partial charge on any atom is -0.355 e. The minimum absolute atomic E-state index is 0.0349. The molecular formula is C21H19F6N3O2. The van der Waals surface area contributed by atoms with Gasteiger partial charge in [0, 0.05) is 44.4 Å². The van der Waals surface area contributed by atoms with Gasteiger partial charge < -0.3 is 10.2 Å². The van der Waals surface area contributed by atoms with E-state index in [1.165, 1.54) is 0 Å². The van der Waals surface area contributed by atoms with Gasteiger partial charge in [-0.1, -0.05) is 6.07 Å². The first kappa shape index (κ1) is 23.6. The molecule has 2 amide bonds. The van der Waals surface area contributed by atoms with E-state index >= 15 is 0 Å². The van der Waals surface area contributed by atoms with Crippen molar-refractivity contribution in [3.8, 4) is 0 Å². The number of halogens is 6. The molecule has 0 saturated carbocycles. The molecule has 1 fully saturated rings. The van der Waals surface area contributed by atoms with E-state index in [-0.39, 0.29) is 31.1 Å². The number of carbonyl (C=O) groups excluding carboxylic acids is 2. The highest BCUT2D eigenvalue weighted by Crippen LogP contribution is 2.36. The second-order valence-corrected chi connectivity index (χ2v) is 7.45. The molecule has 1 aliphatic heterocycles. The summed E-state index contributed by atoms with van der Waals surface area (Å²) in [6, 6.07) is 6.55. The van der Waals surface area contributed by atoms with Gasteiger partial charge in [-0.05, 0) is 35.9 Å². The standard InChI is InChI=1S/C21H19F6N3O2/c22-20(23,24)15-7-13(8-16(10-15)21(25,26)27)11-30-12-14(9-18(30)31)19(32)29-6-4-17-3-1-2-5-28-17/h1-3,5,7-8,10,14H,4,6,9,11-12H2,(H,29,32). The van der Waals surface area contributed by atoms with Gasteiger partial charge in [-0.2, -0.15) is 26.3 Å². The lowest BCUT2D eigenvalue weighted by Gasteiger charge is -2.19. The smallest absolute Gasteiger partial charge is 0.355 e. The summed E-state index contributed by atoms with van der Waals surface area (Å²) < 4.78 is 78.2. The number of nitrogens with one attached hydrogen (secondary N) is 1. The summed E-state index contributed by atoms with van der Waals surface area (Å²) in [4.78, 5) is 29.8. The first-order valence-corrected chi connectivity index (χ1v) is 9.67. The lowest BCUT2D eigenvalue weighted by atomic mass is 10.0. The third kappa shape index (κ3) is 5.98. The number of amides is 2. The van der Waals surface area contributed by atoms with Crippen LogP contribution in [0, 0.1) is 5.92 Å². The van der Waals surface area contributed by atoms with Crippen molar-refractivity contribution in [3.05, 3.63) is 65.0 Å². The zero-order valence-electron chi connectivity index (χ0n) is 16.6. The molecule has 11 heteroatoms. The van der Waals surface area contributed by atoms with E-state index in [1.54, 1.807) is 24.4 Å². The van der Waals surface area contributed by atoms with E-state index in [4.69, 9.17) is 0 Å². The van der Waals surface area contributed by atoms with Crippen molar-refractivity contribution in [3.63, 3.8) is 0 Å². The van der Waals surface area contributed by atoms with Gasteiger partial charge in [0.2, 0.25) is 11.8 Å². The lowest BCUT2D eigenvalue weighted by Crippen LogP contribution is -2.34. The van der Waals surface area contributed by atoms with Crippen LogP contribution in [0.2, 0.25) is 0 Å². The van der Waals surface area contributed by atoms with Crippen LogP contribution in [0.3, 0.4) is 0 Å². The first-order chi connectivity index (χ1) is 14.9. The summed E-state index contributed by atoms with van der Waals surface area (Å²) in [7, 11) is 0. The van der Waals surface area contributed by atoms with Crippen LogP contribution in [0.4, 0.5) is 26.3 Å². The first-order valence-electron chi connectivity index (χ1n) is 9.67. The average Bonchev–Trinajstić information content (AvgIpc) is 3.07. The van der Waals surface area contributed by atoms with Gasteiger partial charge in [-0.25, -0.2) is 0 Å². The molecule has 32 heavy (non-hydrogen) atoms. The van der Waals surface area contributed by atoms with Crippen molar-refractivity contribution in [2.45, 2.75) is 31.7 Å². The maximum atomic E-state index is 13.0. The SMILES string of the molecule is O=C(NCCc1ccccn1)C1CC(=O)N(Cc2cc(C(F)(F)F)cc(C(F)(F)F)c2)C1. The Balaban J connectivity index is 1.64. The van der Waals surface area contributed by atoms with Crippen molar-refractivity contribution < 1.29 is 35.9 Å². The van der Waals surface area contributed by atoms with E-state index in [1.807, 2.05) is 0 Å². The van der Waals surface area contributed by atoms with E-state index in [2.05, 4.69) is 10.3 Å². The molecule has 1 N–H and O–H groups in total. The number of hydrogen-bond acceptors (Lipinski definition) is 3. The maximum absolute atomic E-state index is 13.0. The summed E-state index contributed by atoms with van der Waals surface area (Å²) in [5.41, 5.74) is -2.44. The Kier molecular flexibility index (Phi) is 6.75. The summed E-state index contributed by atoms with van der Waals surface area (Å²) in [5, 5.41) is 2.68. The van der Waals surface area contributed by atoms with Crippen LogP contribution < -0.4 is 5.32 Å². The van der Waals surface area contributed by atoms with Gasteiger partial charge in [0.15, 0.2) is 0 Å². The van der Waals surface area contributed by atoms with Crippen molar-refractivity contribution in [1.82, 2.24) is 15.2 Å². The third-order valence-corrected chi connectivity index (χ3v) is 5.01. The number of benzene rings is 1. The summed E-state index contributed by atoms with van der Waals surface area (Å²) in [6.07, 6.45) is -8.02. The molecule has 1 aromatic carbocycles. The zero-order valence-corrected chi connectivity index (χ0v) is 16.6. The number of carbonyl (C=O) groups is 2. The van der Waals surface area contributed by atoms with Crippen molar-refractivity contribution in [1.29, 1.82) is 0 Å². The Morgan fingerprint density at radius 1 is 1.06 bits per heavy atom. The van der Waals surface area contributed by atoms with Crippen LogP contribution in [0.1, 0.15) is 28.8 Å². The van der Waals surface area contributed by atoms with Crippen LogP contribution in [-0.4, -0.2) is 34.8 Å². The van der Waals surface area contributed by atoms with Crippen molar-refractivity contribution in [2.75, 3.05) is 13.1 Å². The molecule has 1 aliphatic rings. The monoisotopic (exact) mass is 459 g/mol. The number of rotatable bonds is 6. The normalized spacial score (nSPS) is 17.0. The molecule has 0 radical (unpaired) electrons. The van der Waals surface area contributed by atoms with Gasteiger partial charge in [-0.15, -0.1) is 0 Å². The highest BCUT2D eigenvalue weighted by atomic mass is 19.4. The number of aromatic nitrogens is 1. The van der Waals surface area contributed by atoms with Crippen molar-refractivity contribution >= 4 is 11.8 Å². The summed E-state index contributed by atoms with van der Waals surface area (Å²) in [5.74, 6) is -1.66. The fourth-order valence-electron chi connectivity index (χ4n) is 3.44. The molecule has 172 valence electrons. The molecule has 1 aromatic heterocycles. The van der Waals surface area contributed by atoms with E-state index in [0.29, 0.717) is 18.6 Å². The highest BCUT2D eigenvalue weighted by molar-refractivity contribution is 5.89. The molecule has 0 spiro atoms. The fourth-order valence-corrected chi connectivity index (χ4v) is 3.44. The number of pyridine rings is 1. The zero-order chi connectivity index (χ0) is 23.5. The lowest BCUT2D eigenvalue weighted by molar-refractivity contribution is -0.143. The van der Waals surface area contributed by atoms with E-state index < -0.39 is 47.8 Å². The Hall–Kier alpha value is -3.11. The molecule has 1 unspecified atom stereocenters. The van der Waals surface area contributed by atoms with Crippen LogP contribution in [0.25, 0.3) is 0 Å². The molecule has 1 atom stereocenters. The van der Waals surface area contributed by atoms with E-state index in [0.717, 1.165) is 10.6 Å². The van der Waals surface area contributed by atoms with Gasteiger partial charge in [0.05, 0.1) is 17.0 Å². The van der Waals surface area contributed by atoms with Gasteiger partial charge in [-0.3, -0.25) is 14.6 Å². The highest BCUT2D eigenvalue weighted by Gasteiger charge is 2.38. The van der Waals surface area contributed by atoms with Crippen LogP contribution in [0.15, 0.2) is 42.6 Å². The summed E-state index contributed by atoms with van der Waals surface area (Å²) >= 11 is 0. The van der Waals surface area contributed by atoms with Crippen LogP contribution >= 0.6 is 0 Å². The van der Waals surface area contributed by atoms with Gasteiger partial charge >= 0.3 is 12.4 Å². The molecule has 2 heterocycles. The second-order valence-electron chi connectivity index (χ2n) is 7.45. The Morgan fingerprint density at radius 2 is 1.72 bits per heavy atom. The average molecular weight is 459 g/mol. The molecule has 5 nitrogen and oxygen atoms in total. The van der Waals surface area contributed by atoms with Gasteiger partial charge in [0.25, 0.3) is 0 Å². The largest absolute Gasteiger partial charge is 0.416 e. The number of likely N-dealkylation sites (tertiary alicyclic amines) is 1. The Labute approximate surface area is 179 Å². The maximum Gasteiger partial charge on any atom is 0.416 e. The second kappa shape index (κ2) is 9.17. The van der Waals surface area contributed by atoms with Crippen LogP contribution in [0.5, 0.6) is 0 Å². The Bertz CT molecular complexity index is 943. The quantitative estimate of drug-likeness (QED) is 0.669. The summed E-state index contributed by atoms with van der Waals surface area (Å²) in [6.45, 7) is -0.265. The van der Waals surface area contributed by atoms with Gasteiger partial charge in [0.1, 0.15) is 0 Å². The molecular weight excluding hydrogens is 440 g/mol. The molecule has 0 aliphatic carbocycles. The van der Waals surface area contributed by atoms with Crippen LogP contribution in [-0.2, 0) is 34.9 Å². The fraction of sp³-hybridized carbons (Fsp3) is 0.381. The molecule has 3 rings (SSSR count). The number of nitrogens with zero attached hydrogens (tertiary/aromatic N) is 2. The predicted molar refractivity (Wildman–Crippen MR) is 101 cm³/mol. The van der Waals surface area contributed by atoms with E-state index in [9.17, 15) is 35.9 Å². The number of alkyl halides is 6. The molecule has 2 aromatic rings. The Morgan fingerprint density at radius 3 is 2.28 bits per heavy atom. The third-order valence-electron chi connectivity index (χ3n) is 5.01. The number of hydrogen-bond donors (Lipinski definition) is 1. The molecule has 1 saturated heterocycles.